The molecule has 3 fully saturated rings. The molecule has 18 atom stereocenters. The van der Waals surface area contributed by atoms with Gasteiger partial charge in [-0.1, -0.05) is 25.9 Å². The standard InChI is InChI=1S/C41H76N2O16/c1-15-28-40(9,49)37(47)41(10,50)32(42-54-21-53-17-16-51-13)22(2)19-38(7,48)34(59-36-30(44)27(43(11)12)18-23(3)55-36)24(4)31(25(5)35(46)57-28)58-29-20-39(8,52-14)33(45)26(6)56-29/h22-31,33-34,36-37,44-45,47-50H,15-21H2,1-14H3/b42-32+/t22-,23-,24+,25-,26+,27+,28-,29+,30-,31+,33+,34-,36+,37+,38-,39-,40-,41?/m1/s1. The van der Waals surface area contributed by atoms with Crippen LogP contribution in [0.1, 0.15) is 94.9 Å². The molecule has 3 saturated heterocycles. The summed E-state index contributed by atoms with van der Waals surface area (Å²) in [7, 11) is 6.66. The lowest BCUT2D eigenvalue weighted by molar-refractivity contribution is -0.318. The van der Waals surface area contributed by atoms with Gasteiger partial charge in [-0.15, -0.1) is 0 Å². The maximum Gasteiger partial charge on any atom is 0.311 e. The number of likely N-dealkylation sites (N-methyl/N-ethyl adjacent to an activating group) is 1. The quantitative estimate of drug-likeness (QED) is 0.0663. The van der Waals surface area contributed by atoms with E-state index in [1.165, 1.54) is 35.0 Å². The van der Waals surface area contributed by atoms with Gasteiger partial charge in [0.05, 0.1) is 60.5 Å². The minimum atomic E-state index is -2.33. The Hall–Kier alpha value is -1.62. The van der Waals surface area contributed by atoms with Crippen LogP contribution in [0.5, 0.6) is 0 Å². The molecular formula is C41H76N2O16. The van der Waals surface area contributed by atoms with E-state index in [1.54, 1.807) is 41.5 Å². The molecular weight excluding hydrogens is 776 g/mol. The Morgan fingerprint density at radius 3 is 2.14 bits per heavy atom. The molecule has 6 N–H and O–H groups in total. The number of aliphatic hydroxyl groups excluding tert-OH is 3. The van der Waals surface area contributed by atoms with Crippen LogP contribution >= 0.6 is 0 Å². The molecule has 3 rings (SSSR count). The molecule has 0 aromatic heterocycles. The number of oxime groups is 1. The van der Waals surface area contributed by atoms with Crippen molar-refractivity contribution >= 4 is 11.7 Å². The van der Waals surface area contributed by atoms with Gasteiger partial charge in [0.1, 0.15) is 35.6 Å². The Morgan fingerprint density at radius 1 is 0.915 bits per heavy atom. The van der Waals surface area contributed by atoms with Crippen LogP contribution in [0.25, 0.3) is 0 Å². The Morgan fingerprint density at radius 2 is 1.56 bits per heavy atom. The third-order valence-corrected chi connectivity index (χ3v) is 12.6. The SMILES string of the molecule is CC[C@H]1OC(=O)[C@H](C)[C@@H](O[C@H]2C[C@@](C)(OC)[C@@H](O)[C@H](C)O2)[C@H](C)[C@@H](O[C@@H]2O[C@H](C)C[C@H](N(C)C)[C@H]2O)[C@](C)(O)C[C@@H](C)/C(=N\OCOCCOC)C(C)(O)[C@@H](O)[C@]1(C)O. The van der Waals surface area contributed by atoms with E-state index in [1.807, 2.05) is 25.9 Å². The molecule has 0 radical (unpaired) electrons. The van der Waals surface area contributed by atoms with Crippen LogP contribution in [0.3, 0.4) is 0 Å². The Bertz CT molecular complexity index is 1350. The van der Waals surface area contributed by atoms with Crippen LogP contribution in [0.2, 0.25) is 0 Å². The minimum absolute atomic E-state index is 0.0292. The average molecular weight is 853 g/mol. The fourth-order valence-corrected chi connectivity index (χ4v) is 9.01. The van der Waals surface area contributed by atoms with Gasteiger partial charge >= 0.3 is 5.97 Å². The summed E-state index contributed by atoms with van der Waals surface area (Å²) in [6.07, 6.45) is -10.9. The van der Waals surface area contributed by atoms with Gasteiger partial charge in [0, 0.05) is 38.5 Å². The van der Waals surface area contributed by atoms with Gasteiger partial charge in [-0.2, -0.15) is 0 Å². The first-order valence-electron chi connectivity index (χ1n) is 20.8. The zero-order valence-corrected chi connectivity index (χ0v) is 37.7. The third kappa shape index (κ3) is 12.1. The molecule has 0 spiro atoms. The summed E-state index contributed by atoms with van der Waals surface area (Å²) in [5.41, 5.74) is -7.73. The van der Waals surface area contributed by atoms with Crippen molar-refractivity contribution in [3.63, 3.8) is 0 Å². The number of methoxy groups -OCH3 is 2. The number of carbonyl (C=O) groups is 1. The van der Waals surface area contributed by atoms with E-state index in [0.717, 1.165) is 0 Å². The first-order chi connectivity index (χ1) is 27.3. The van der Waals surface area contributed by atoms with Gasteiger partial charge < -0.3 is 78.3 Å². The van der Waals surface area contributed by atoms with Crippen molar-refractivity contribution < 1.29 is 78.2 Å². The van der Waals surface area contributed by atoms with Crippen molar-refractivity contribution in [2.75, 3.05) is 48.3 Å². The monoisotopic (exact) mass is 853 g/mol. The molecule has 18 heteroatoms. The van der Waals surface area contributed by atoms with Crippen LogP contribution < -0.4 is 0 Å². The van der Waals surface area contributed by atoms with Gasteiger partial charge in [0.25, 0.3) is 0 Å². The topological polar surface area (TPSA) is 237 Å². The van der Waals surface area contributed by atoms with Crippen LogP contribution in [0.15, 0.2) is 5.16 Å². The zero-order valence-electron chi connectivity index (χ0n) is 37.7. The molecule has 0 aromatic rings. The van der Waals surface area contributed by atoms with Crippen molar-refractivity contribution in [2.45, 2.75) is 185 Å². The molecule has 0 aliphatic carbocycles. The minimum Gasteiger partial charge on any atom is -0.459 e. The number of hydrogen-bond acceptors (Lipinski definition) is 18. The van der Waals surface area contributed by atoms with E-state index < -0.39 is 101 Å². The number of ether oxygens (including phenoxy) is 8. The summed E-state index contributed by atoms with van der Waals surface area (Å²) in [6.45, 7) is 16.0. The normalized spacial score (nSPS) is 46.5. The molecule has 3 heterocycles. The zero-order chi connectivity index (χ0) is 44.8. The highest BCUT2D eigenvalue weighted by molar-refractivity contribution is 5.94. The summed E-state index contributed by atoms with van der Waals surface area (Å²) < 4.78 is 47.9. The fourth-order valence-electron chi connectivity index (χ4n) is 9.01. The first kappa shape index (κ1) is 51.7. The van der Waals surface area contributed by atoms with Gasteiger partial charge in [0.2, 0.25) is 6.79 Å². The first-order valence-corrected chi connectivity index (χ1v) is 20.8. The number of aliphatic hydroxyl groups is 6. The largest absolute Gasteiger partial charge is 0.459 e. The van der Waals surface area contributed by atoms with Crippen molar-refractivity contribution in [1.29, 1.82) is 0 Å². The van der Waals surface area contributed by atoms with Crippen molar-refractivity contribution in [3.05, 3.63) is 0 Å². The maximum absolute atomic E-state index is 14.3. The summed E-state index contributed by atoms with van der Waals surface area (Å²) in [5, 5.41) is 75.5. The lowest BCUT2D eigenvalue weighted by Gasteiger charge is -2.49. The number of nitrogens with zero attached hydrogens (tertiary/aromatic N) is 2. The Balaban J connectivity index is 2.26. The van der Waals surface area contributed by atoms with Crippen molar-refractivity contribution in [1.82, 2.24) is 4.90 Å². The highest BCUT2D eigenvalue weighted by Crippen LogP contribution is 2.41. The molecule has 346 valence electrons. The van der Waals surface area contributed by atoms with Crippen molar-refractivity contribution in [3.8, 4) is 0 Å². The lowest BCUT2D eigenvalue weighted by atomic mass is 9.72. The van der Waals surface area contributed by atoms with E-state index in [2.05, 4.69) is 5.16 Å². The number of cyclic esters (lactones) is 1. The highest BCUT2D eigenvalue weighted by Gasteiger charge is 2.56. The molecule has 18 nitrogen and oxygen atoms in total. The molecule has 0 bridgehead atoms. The van der Waals surface area contributed by atoms with Gasteiger partial charge in [-0.3, -0.25) is 4.79 Å². The summed E-state index contributed by atoms with van der Waals surface area (Å²) in [6, 6.07) is -0.366. The molecule has 59 heavy (non-hydrogen) atoms. The Kier molecular flexibility index (Phi) is 18.6. The predicted molar refractivity (Wildman–Crippen MR) is 214 cm³/mol. The van der Waals surface area contributed by atoms with E-state index in [4.69, 9.17) is 42.7 Å². The van der Waals surface area contributed by atoms with Crippen molar-refractivity contribution in [2.24, 2.45) is 22.9 Å². The number of esters is 1. The van der Waals surface area contributed by atoms with Gasteiger partial charge in [0.15, 0.2) is 12.6 Å². The van der Waals surface area contributed by atoms with Crippen LogP contribution in [0, 0.1) is 17.8 Å². The second-order valence-corrected chi connectivity index (χ2v) is 18.0. The summed E-state index contributed by atoms with van der Waals surface area (Å²) >= 11 is 0. The summed E-state index contributed by atoms with van der Waals surface area (Å²) in [4.78, 5) is 21.7. The Labute approximate surface area is 350 Å². The highest BCUT2D eigenvalue weighted by atomic mass is 16.7. The molecule has 3 aliphatic rings. The molecule has 0 aromatic carbocycles. The third-order valence-electron chi connectivity index (χ3n) is 12.6. The fraction of sp³-hybridized carbons (Fsp3) is 0.951. The molecule has 0 amide bonds. The lowest BCUT2D eigenvalue weighted by Crippen LogP contribution is -2.65. The molecule has 0 saturated carbocycles. The smallest absolute Gasteiger partial charge is 0.311 e. The van der Waals surface area contributed by atoms with E-state index in [-0.39, 0.29) is 57.1 Å². The van der Waals surface area contributed by atoms with Crippen LogP contribution in [0.4, 0.5) is 0 Å². The van der Waals surface area contributed by atoms with Gasteiger partial charge in [-0.25, -0.2) is 0 Å². The van der Waals surface area contributed by atoms with E-state index in [0.29, 0.717) is 6.42 Å². The number of hydrogen-bond donors (Lipinski definition) is 6. The van der Waals surface area contributed by atoms with Gasteiger partial charge in [-0.05, 0) is 81.8 Å². The molecule has 1 unspecified atom stereocenters. The van der Waals surface area contributed by atoms with Crippen LogP contribution in [-0.4, -0.2) is 185 Å². The maximum atomic E-state index is 14.3. The van der Waals surface area contributed by atoms with E-state index >= 15 is 0 Å². The average Bonchev–Trinajstić information content (AvgIpc) is 3.15. The van der Waals surface area contributed by atoms with E-state index in [9.17, 15) is 35.4 Å². The number of carbonyl (C=O) groups excluding carboxylic acids is 1. The molecule has 3 aliphatic heterocycles. The van der Waals surface area contributed by atoms with Crippen LogP contribution in [-0.2, 0) is 47.5 Å². The second-order valence-electron chi connectivity index (χ2n) is 18.0. The summed E-state index contributed by atoms with van der Waals surface area (Å²) in [5.74, 6) is -3.78. The predicted octanol–water partition coefficient (Wildman–Crippen LogP) is 1.32. The second kappa shape index (κ2) is 21.2. The number of rotatable bonds is 13.